The lowest BCUT2D eigenvalue weighted by atomic mass is 10.3. The van der Waals surface area contributed by atoms with E-state index in [1.165, 1.54) is 0 Å². The first-order chi connectivity index (χ1) is 6.74. The molecule has 0 saturated heterocycles. The van der Waals surface area contributed by atoms with Crippen molar-refractivity contribution in [1.82, 2.24) is 5.32 Å². The molecule has 0 bridgehead atoms. The van der Waals surface area contributed by atoms with Gasteiger partial charge in [0.1, 0.15) is 0 Å². The summed E-state index contributed by atoms with van der Waals surface area (Å²) in [6, 6.07) is 1.87. The molecule has 1 aromatic heterocycles. The second-order valence-electron chi connectivity index (χ2n) is 2.83. The van der Waals surface area contributed by atoms with Gasteiger partial charge >= 0.3 is 0 Å². The number of carbonyl (C=O) groups is 1. The Morgan fingerprint density at radius 3 is 2.93 bits per heavy atom. The Morgan fingerprint density at radius 2 is 2.36 bits per heavy atom. The van der Waals surface area contributed by atoms with Gasteiger partial charge in [-0.25, -0.2) is 0 Å². The number of aliphatic hydroxyl groups is 1. The molecule has 0 aromatic carbocycles. The van der Waals surface area contributed by atoms with Crippen LogP contribution in [0.3, 0.4) is 0 Å². The molecule has 1 amide bonds. The molecule has 0 spiro atoms. The Morgan fingerprint density at radius 1 is 1.57 bits per heavy atom. The van der Waals surface area contributed by atoms with E-state index in [0.29, 0.717) is 6.54 Å². The van der Waals surface area contributed by atoms with E-state index in [9.17, 15) is 4.79 Å². The van der Waals surface area contributed by atoms with Gasteiger partial charge < -0.3 is 10.4 Å². The van der Waals surface area contributed by atoms with Crippen LogP contribution in [0.15, 0.2) is 11.4 Å². The minimum atomic E-state index is -0.0258. The van der Waals surface area contributed by atoms with Crippen molar-refractivity contribution in [3.05, 3.63) is 19.9 Å². The van der Waals surface area contributed by atoms with E-state index in [4.69, 9.17) is 5.11 Å². The van der Waals surface area contributed by atoms with Crippen molar-refractivity contribution < 1.29 is 9.90 Å². The van der Waals surface area contributed by atoms with Gasteiger partial charge in [-0.05, 0) is 41.5 Å². The summed E-state index contributed by atoms with van der Waals surface area (Å²) in [6.45, 7) is 0.817. The van der Waals surface area contributed by atoms with Crippen LogP contribution in [0.2, 0.25) is 0 Å². The first kappa shape index (κ1) is 11.9. The topological polar surface area (TPSA) is 49.3 Å². The lowest BCUT2D eigenvalue weighted by Gasteiger charge is -2.01. The van der Waals surface area contributed by atoms with Crippen molar-refractivity contribution in [3.8, 4) is 0 Å². The van der Waals surface area contributed by atoms with E-state index in [-0.39, 0.29) is 12.5 Å². The van der Waals surface area contributed by atoms with Crippen LogP contribution in [-0.2, 0) is 0 Å². The summed E-state index contributed by atoms with van der Waals surface area (Å²) in [5.41, 5.74) is 0.725. The third-order valence-corrected chi connectivity index (χ3v) is 3.49. The minimum absolute atomic E-state index is 0.0258. The molecule has 5 heteroatoms. The molecule has 0 aliphatic heterocycles. The first-order valence-corrected chi connectivity index (χ1v) is 6.33. The zero-order valence-corrected chi connectivity index (χ0v) is 10.6. The number of carbonyl (C=O) groups excluding carboxylic acids is 1. The van der Waals surface area contributed by atoms with Gasteiger partial charge in [0.15, 0.2) is 0 Å². The number of rotatable bonds is 5. The fourth-order valence-corrected chi connectivity index (χ4v) is 2.30. The molecule has 0 saturated carbocycles. The first-order valence-electron chi connectivity index (χ1n) is 4.37. The quantitative estimate of drug-likeness (QED) is 0.641. The summed E-state index contributed by atoms with van der Waals surface area (Å²) >= 11 is 3.75. The van der Waals surface area contributed by atoms with Crippen LogP contribution in [0.4, 0.5) is 0 Å². The van der Waals surface area contributed by atoms with Gasteiger partial charge in [0.25, 0.3) is 5.91 Å². The predicted molar refractivity (Wildman–Crippen MR) is 65.7 cm³/mol. The highest BCUT2D eigenvalue weighted by molar-refractivity contribution is 14.1. The highest BCUT2D eigenvalue weighted by atomic mass is 127. The monoisotopic (exact) mass is 325 g/mol. The van der Waals surface area contributed by atoms with Crippen LogP contribution in [0, 0.1) is 2.88 Å². The average molecular weight is 325 g/mol. The molecule has 0 fully saturated rings. The lowest BCUT2D eigenvalue weighted by Crippen LogP contribution is -2.24. The van der Waals surface area contributed by atoms with Crippen molar-refractivity contribution in [2.45, 2.75) is 12.8 Å². The lowest BCUT2D eigenvalue weighted by molar-refractivity contribution is 0.0952. The maximum Gasteiger partial charge on any atom is 0.252 e. The number of nitrogens with one attached hydrogen (secondary N) is 1. The van der Waals surface area contributed by atoms with Crippen LogP contribution in [0.1, 0.15) is 23.2 Å². The maximum absolute atomic E-state index is 11.5. The maximum atomic E-state index is 11.5. The highest BCUT2D eigenvalue weighted by Gasteiger charge is 2.06. The van der Waals surface area contributed by atoms with Gasteiger partial charge in [0.2, 0.25) is 0 Å². The molecule has 0 unspecified atom stereocenters. The molecule has 14 heavy (non-hydrogen) atoms. The number of hydrogen-bond acceptors (Lipinski definition) is 3. The normalized spacial score (nSPS) is 10.1. The summed E-state index contributed by atoms with van der Waals surface area (Å²) in [7, 11) is 0. The molecule has 1 heterocycles. The van der Waals surface area contributed by atoms with E-state index in [1.807, 2.05) is 11.4 Å². The van der Waals surface area contributed by atoms with Crippen LogP contribution >= 0.6 is 33.9 Å². The van der Waals surface area contributed by atoms with E-state index in [2.05, 4.69) is 27.9 Å². The molecule has 0 radical (unpaired) electrons. The largest absolute Gasteiger partial charge is 0.396 e. The van der Waals surface area contributed by atoms with Gasteiger partial charge in [-0.1, -0.05) is 0 Å². The smallest absolute Gasteiger partial charge is 0.252 e. The minimum Gasteiger partial charge on any atom is -0.396 e. The highest BCUT2D eigenvalue weighted by Crippen LogP contribution is 2.16. The van der Waals surface area contributed by atoms with Crippen LogP contribution in [0.25, 0.3) is 0 Å². The van der Waals surface area contributed by atoms with E-state index >= 15 is 0 Å². The fraction of sp³-hybridized carbons (Fsp3) is 0.444. The molecule has 0 aliphatic rings. The third-order valence-electron chi connectivity index (χ3n) is 1.70. The summed E-state index contributed by atoms with van der Waals surface area (Å²) in [4.78, 5) is 11.5. The van der Waals surface area contributed by atoms with Crippen LogP contribution in [0.5, 0.6) is 0 Å². The van der Waals surface area contributed by atoms with Gasteiger partial charge in [0.05, 0.1) is 8.45 Å². The van der Waals surface area contributed by atoms with Gasteiger partial charge in [-0.3, -0.25) is 4.79 Å². The Balaban J connectivity index is 2.29. The standard InChI is InChI=1S/C9H12INO2S/c10-8-5-7(6-14-8)9(13)11-3-1-2-4-12/h5-6,12H,1-4H2,(H,11,13). The number of hydrogen-bond donors (Lipinski definition) is 2. The Bertz CT molecular complexity index is 301. The summed E-state index contributed by atoms with van der Waals surface area (Å²) < 4.78 is 1.11. The van der Waals surface area contributed by atoms with Gasteiger partial charge in [0, 0.05) is 18.5 Å². The second-order valence-corrected chi connectivity index (χ2v) is 5.63. The van der Waals surface area contributed by atoms with Crippen molar-refractivity contribution in [1.29, 1.82) is 0 Å². The SMILES string of the molecule is O=C(NCCCCO)c1csc(I)c1. The van der Waals surface area contributed by atoms with E-state index in [0.717, 1.165) is 21.3 Å². The Kier molecular flexibility index (Phi) is 5.42. The van der Waals surface area contributed by atoms with Crippen LogP contribution < -0.4 is 5.32 Å². The van der Waals surface area contributed by atoms with Crippen molar-refractivity contribution >= 4 is 39.8 Å². The molecule has 3 nitrogen and oxygen atoms in total. The number of thiophene rings is 1. The van der Waals surface area contributed by atoms with Crippen molar-refractivity contribution in [2.75, 3.05) is 13.2 Å². The van der Waals surface area contributed by atoms with Crippen LogP contribution in [-0.4, -0.2) is 24.2 Å². The number of amides is 1. The molecule has 78 valence electrons. The summed E-state index contributed by atoms with van der Waals surface area (Å²) in [5, 5.41) is 13.2. The zero-order chi connectivity index (χ0) is 10.4. The molecule has 0 atom stereocenters. The fourth-order valence-electron chi connectivity index (χ4n) is 0.970. The third kappa shape index (κ3) is 3.93. The molecule has 0 aliphatic carbocycles. The summed E-state index contributed by atoms with van der Waals surface area (Å²) in [6.07, 6.45) is 1.56. The molecular formula is C9H12INO2S. The van der Waals surface area contributed by atoms with Crippen molar-refractivity contribution in [2.24, 2.45) is 0 Å². The zero-order valence-electron chi connectivity index (χ0n) is 7.62. The predicted octanol–water partition coefficient (Wildman–Crippen LogP) is 1.85. The van der Waals surface area contributed by atoms with E-state index < -0.39 is 0 Å². The molecule has 2 N–H and O–H groups in total. The Hall–Kier alpha value is -0.140. The summed E-state index contributed by atoms with van der Waals surface area (Å²) in [5.74, 6) is -0.0258. The Labute approximate surface area is 101 Å². The number of halogens is 1. The molecule has 1 rings (SSSR count). The van der Waals surface area contributed by atoms with Gasteiger partial charge in [-0.2, -0.15) is 0 Å². The average Bonchev–Trinajstić information content (AvgIpc) is 2.59. The van der Waals surface area contributed by atoms with Crippen molar-refractivity contribution in [3.63, 3.8) is 0 Å². The number of aliphatic hydroxyl groups excluding tert-OH is 1. The van der Waals surface area contributed by atoms with Gasteiger partial charge in [-0.15, -0.1) is 11.3 Å². The number of unbranched alkanes of at least 4 members (excludes halogenated alkanes) is 1. The second kappa shape index (κ2) is 6.36. The molecule has 1 aromatic rings. The molecular weight excluding hydrogens is 313 g/mol. The van der Waals surface area contributed by atoms with E-state index in [1.54, 1.807) is 11.3 Å².